The molecule has 19 heavy (non-hydrogen) atoms. The quantitative estimate of drug-likeness (QED) is 0.446. The van der Waals surface area contributed by atoms with E-state index in [4.69, 9.17) is 16.4 Å². The first kappa shape index (κ1) is 14.5. The van der Waals surface area contributed by atoms with E-state index < -0.39 is 23.3 Å². The average molecular weight is 269 g/mol. The summed E-state index contributed by atoms with van der Waals surface area (Å²) in [4.78, 5) is 0. The van der Waals surface area contributed by atoms with Gasteiger partial charge in [0.25, 0.3) is 0 Å². The Morgan fingerprint density at radius 2 is 2.11 bits per heavy atom. The van der Waals surface area contributed by atoms with Crippen molar-refractivity contribution in [3.05, 3.63) is 29.3 Å². The second kappa shape index (κ2) is 5.39. The zero-order chi connectivity index (χ0) is 14.6. The lowest BCUT2D eigenvalue weighted by Gasteiger charge is -2.11. The molecule has 1 aromatic carbocycles. The molecule has 0 aliphatic carbocycles. The van der Waals surface area contributed by atoms with Gasteiger partial charge in [0.2, 0.25) is 5.71 Å². The van der Waals surface area contributed by atoms with Crippen molar-refractivity contribution in [2.24, 2.45) is 10.8 Å². The minimum atomic E-state index is -4.47. The van der Waals surface area contributed by atoms with Crippen LogP contribution in [0.15, 0.2) is 23.3 Å². The van der Waals surface area contributed by atoms with Crippen LogP contribution in [-0.4, -0.2) is 11.5 Å². The number of amidine groups is 1. The minimum Gasteiger partial charge on any atom is -0.382 e. The fourth-order valence-electron chi connectivity index (χ4n) is 1.26. The van der Waals surface area contributed by atoms with Gasteiger partial charge in [-0.2, -0.15) is 23.5 Å². The molecule has 0 spiro atoms. The maximum atomic E-state index is 12.7. The van der Waals surface area contributed by atoms with Gasteiger partial charge in [-0.05, 0) is 24.6 Å². The van der Waals surface area contributed by atoms with Gasteiger partial charge < -0.3 is 5.73 Å². The summed E-state index contributed by atoms with van der Waals surface area (Å²) in [6.07, 6.45) is -4.47. The molecular weight excluding hydrogens is 259 g/mol. The smallest absolute Gasteiger partial charge is 0.382 e. The maximum absolute atomic E-state index is 12.7. The minimum absolute atomic E-state index is 0.0481. The Bertz CT molecular complexity index is 569. The van der Waals surface area contributed by atoms with E-state index in [9.17, 15) is 13.2 Å². The van der Waals surface area contributed by atoms with Crippen LogP contribution in [0.1, 0.15) is 11.1 Å². The van der Waals surface area contributed by atoms with Gasteiger partial charge in [0.15, 0.2) is 5.84 Å². The molecule has 5 nitrogen and oxygen atoms in total. The number of nitrogens with two attached hydrogens (primary N) is 1. The molecule has 0 aromatic heterocycles. The number of rotatable bonds is 3. The van der Waals surface area contributed by atoms with Crippen LogP contribution < -0.4 is 11.2 Å². The number of anilines is 1. The molecule has 0 amide bonds. The number of halogens is 3. The number of nitriles is 1. The zero-order valence-electron chi connectivity index (χ0n) is 9.84. The Labute approximate surface area is 107 Å². The van der Waals surface area contributed by atoms with E-state index in [-0.39, 0.29) is 11.3 Å². The molecular formula is C11H10F3N5. The van der Waals surface area contributed by atoms with E-state index in [2.05, 4.69) is 10.5 Å². The number of hydrogen-bond donors (Lipinski definition) is 3. The molecule has 0 heterocycles. The highest BCUT2D eigenvalue weighted by Gasteiger charge is 2.32. The van der Waals surface area contributed by atoms with Crippen molar-refractivity contribution < 1.29 is 13.2 Å². The molecule has 0 aliphatic heterocycles. The molecule has 0 unspecified atom stereocenters. The first-order chi connectivity index (χ1) is 8.75. The van der Waals surface area contributed by atoms with E-state index >= 15 is 0 Å². The fourth-order valence-corrected chi connectivity index (χ4v) is 1.26. The van der Waals surface area contributed by atoms with E-state index in [1.165, 1.54) is 19.1 Å². The van der Waals surface area contributed by atoms with Gasteiger partial charge >= 0.3 is 6.18 Å². The summed E-state index contributed by atoms with van der Waals surface area (Å²) >= 11 is 0. The zero-order valence-corrected chi connectivity index (χ0v) is 9.84. The SMILES string of the molecule is Cc1ccc(N/N=C(\C#N)C(=N)N)cc1C(F)(F)F. The van der Waals surface area contributed by atoms with Crippen LogP contribution >= 0.6 is 0 Å². The summed E-state index contributed by atoms with van der Waals surface area (Å²) in [6.45, 7) is 1.34. The van der Waals surface area contributed by atoms with Crippen LogP contribution in [0.25, 0.3) is 0 Å². The van der Waals surface area contributed by atoms with Crippen LogP contribution in [-0.2, 0) is 6.18 Å². The molecule has 4 N–H and O–H groups in total. The van der Waals surface area contributed by atoms with Gasteiger partial charge in [-0.15, -0.1) is 0 Å². The van der Waals surface area contributed by atoms with E-state index in [1.807, 2.05) is 0 Å². The van der Waals surface area contributed by atoms with Gasteiger partial charge in [0.05, 0.1) is 11.3 Å². The van der Waals surface area contributed by atoms with Crippen molar-refractivity contribution in [3.8, 4) is 6.07 Å². The Morgan fingerprint density at radius 3 is 2.58 bits per heavy atom. The van der Waals surface area contributed by atoms with Gasteiger partial charge in [-0.25, -0.2) is 0 Å². The molecule has 1 rings (SSSR count). The molecule has 8 heteroatoms. The summed E-state index contributed by atoms with van der Waals surface area (Å²) in [5.74, 6) is -0.571. The van der Waals surface area contributed by atoms with E-state index in [1.54, 1.807) is 6.07 Å². The lowest BCUT2D eigenvalue weighted by Crippen LogP contribution is -2.21. The van der Waals surface area contributed by atoms with Gasteiger partial charge in [0.1, 0.15) is 6.07 Å². The third-order valence-electron chi connectivity index (χ3n) is 2.20. The topological polar surface area (TPSA) is 98.0 Å². The van der Waals surface area contributed by atoms with Crippen LogP contribution in [0, 0.1) is 23.7 Å². The molecule has 0 fully saturated rings. The predicted octanol–water partition coefficient (Wildman–Crippen LogP) is 2.24. The second-order valence-corrected chi connectivity index (χ2v) is 3.63. The molecule has 0 bridgehead atoms. The fraction of sp³-hybridized carbons (Fsp3) is 0.182. The number of alkyl halides is 3. The maximum Gasteiger partial charge on any atom is 0.416 e. The number of aryl methyl sites for hydroxylation is 1. The number of nitrogens with one attached hydrogen (secondary N) is 2. The molecule has 0 saturated heterocycles. The van der Waals surface area contributed by atoms with Crippen molar-refractivity contribution in [1.82, 2.24) is 0 Å². The monoisotopic (exact) mass is 269 g/mol. The Kier molecular flexibility index (Phi) is 4.11. The summed E-state index contributed by atoms with van der Waals surface area (Å²) in [6, 6.07) is 5.07. The Hall–Kier alpha value is -2.56. The standard InChI is InChI=1S/C11H10F3N5/c1-6-2-3-7(4-8(6)11(12,13)14)18-19-9(5-15)10(16)17/h2-4,18H,1H3,(H3,16,17)/b19-9+. The average Bonchev–Trinajstić information content (AvgIpc) is 2.30. The third kappa shape index (κ3) is 3.70. The highest BCUT2D eigenvalue weighted by Crippen LogP contribution is 2.33. The van der Waals surface area contributed by atoms with E-state index in [0.717, 1.165) is 6.07 Å². The summed E-state index contributed by atoms with van der Waals surface area (Å²) in [5.41, 5.74) is 6.23. The molecule has 0 radical (unpaired) electrons. The van der Waals surface area contributed by atoms with Crippen molar-refractivity contribution >= 4 is 17.2 Å². The van der Waals surface area contributed by atoms with Gasteiger partial charge in [-0.3, -0.25) is 10.8 Å². The summed E-state index contributed by atoms with van der Waals surface area (Å²) < 4.78 is 38.0. The van der Waals surface area contributed by atoms with Crippen LogP contribution in [0.5, 0.6) is 0 Å². The molecule has 0 aliphatic rings. The molecule has 0 saturated carbocycles. The molecule has 100 valence electrons. The Balaban J connectivity index is 3.06. The first-order valence-corrected chi connectivity index (χ1v) is 5.01. The first-order valence-electron chi connectivity index (χ1n) is 5.01. The summed E-state index contributed by atoms with van der Waals surface area (Å²) in [7, 11) is 0. The number of hydrogen-bond acceptors (Lipinski definition) is 4. The highest BCUT2D eigenvalue weighted by molar-refractivity contribution is 6.45. The predicted molar refractivity (Wildman–Crippen MR) is 64.8 cm³/mol. The van der Waals surface area contributed by atoms with Crippen molar-refractivity contribution in [3.63, 3.8) is 0 Å². The van der Waals surface area contributed by atoms with Crippen LogP contribution in [0.4, 0.5) is 18.9 Å². The number of nitrogens with zero attached hydrogens (tertiary/aromatic N) is 2. The normalized spacial score (nSPS) is 11.8. The van der Waals surface area contributed by atoms with Crippen LogP contribution in [0.3, 0.4) is 0 Å². The largest absolute Gasteiger partial charge is 0.416 e. The van der Waals surface area contributed by atoms with Crippen molar-refractivity contribution in [2.75, 3.05) is 5.43 Å². The van der Waals surface area contributed by atoms with Crippen molar-refractivity contribution in [1.29, 1.82) is 10.7 Å². The van der Waals surface area contributed by atoms with Gasteiger partial charge in [-0.1, -0.05) is 6.07 Å². The van der Waals surface area contributed by atoms with E-state index in [0.29, 0.717) is 0 Å². The lowest BCUT2D eigenvalue weighted by atomic mass is 10.1. The number of hydrazone groups is 1. The second-order valence-electron chi connectivity index (χ2n) is 3.63. The van der Waals surface area contributed by atoms with Gasteiger partial charge in [0, 0.05) is 0 Å². The van der Waals surface area contributed by atoms with Crippen LogP contribution in [0.2, 0.25) is 0 Å². The number of benzene rings is 1. The molecule has 0 atom stereocenters. The Morgan fingerprint density at radius 1 is 1.47 bits per heavy atom. The van der Waals surface area contributed by atoms with Crippen molar-refractivity contribution in [2.45, 2.75) is 13.1 Å². The highest BCUT2D eigenvalue weighted by atomic mass is 19.4. The lowest BCUT2D eigenvalue weighted by molar-refractivity contribution is -0.138. The summed E-state index contributed by atoms with van der Waals surface area (Å²) in [5, 5.41) is 19.0. The molecule has 1 aromatic rings. The third-order valence-corrected chi connectivity index (χ3v) is 2.20.